The van der Waals surface area contributed by atoms with Gasteiger partial charge in [0.1, 0.15) is 5.82 Å². The van der Waals surface area contributed by atoms with Gasteiger partial charge < -0.3 is 5.32 Å². The molecule has 92 valence electrons. The average molecular weight is 420 g/mol. The Morgan fingerprint density at radius 3 is 2.44 bits per heavy atom. The summed E-state index contributed by atoms with van der Waals surface area (Å²) in [5, 5.41) is 2.65. The molecule has 0 unspecified atom stereocenters. The number of nitrogens with one attached hydrogen (secondary N) is 1. The van der Waals surface area contributed by atoms with Crippen LogP contribution in [0.5, 0.6) is 0 Å². The third kappa shape index (κ3) is 3.08. The zero-order valence-electron chi connectivity index (χ0n) is 9.08. The molecule has 2 rings (SSSR count). The van der Waals surface area contributed by atoms with E-state index < -0.39 is 11.7 Å². The van der Waals surface area contributed by atoms with Gasteiger partial charge in [0.15, 0.2) is 0 Å². The molecule has 0 saturated heterocycles. The van der Waals surface area contributed by atoms with Gasteiger partial charge in [-0.3, -0.25) is 4.79 Å². The van der Waals surface area contributed by atoms with Gasteiger partial charge in [-0.2, -0.15) is 0 Å². The molecule has 18 heavy (non-hydrogen) atoms. The van der Waals surface area contributed by atoms with Crippen molar-refractivity contribution in [2.75, 3.05) is 5.32 Å². The zero-order chi connectivity index (χ0) is 13.1. The quantitative estimate of drug-likeness (QED) is 0.716. The third-order valence-corrected chi connectivity index (χ3v) is 3.67. The summed E-state index contributed by atoms with van der Waals surface area (Å²) in [6.07, 6.45) is 0. The van der Waals surface area contributed by atoms with Crippen molar-refractivity contribution in [2.24, 2.45) is 0 Å². The molecule has 0 atom stereocenters. The van der Waals surface area contributed by atoms with Gasteiger partial charge >= 0.3 is 0 Å². The van der Waals surface area contributed by atoms with E-state index in [1.54, 1.807) is 24.3 Å². The Bertz CT molecular complexity index is 566. The summed E-state index contributed by atoms with van der Waals surface area (Å²) in [5.74, 6) is -1.02. The maximum Gasteiger partial charge on any atom is 0.259 e. The number of halogens is 3. The second-order valence-corrected chi connectivity index (χ2v) is 5.66. The van der Waals surface area contributed by atoms with Crippen LogP contribution in [-0.4, -0.2) is 5.91 Å². The van der Waals surface area contributed by atoms with Gasteiger partial charge in [-0.15, -0.1) is 0 Å². The molecule has 0 bridgehead atoms. The molecule has 5 heteroatoms. The van der Waals surface area contributed by atoms with Crippen LogP contribution in [0.15, 0.2) is 46.9 Å². The maximum atomic E-state index is 13.6. The lowest BCUT2D eigenvalue weighted by Gasteiger charge is -2.07. The lowest BCUT2D eigenvalue weighted by Crippen LogP contribution is -2.14. The Balaban J connectivity index is 2.25. The highest BCUT2D eigenvalue weighted by Gasteiger charge is 2.15. The van der Waals surface area contributed by atoms with Gasteiger partial charge in [0.25, 0.3) is 5.91 Å². The molecular weight excluding hydrogens is 412 g/mol. The zero-order valence-corrected chi connectivity index (χ0v) is 12.8. The second kappa shape index (κ2) is 5.79. The van der Waals surface area contributed by atoms with Crippen LogP contribution in [-0.2, 0) is 0 Å². The molecule has 2 aromatic carbocycles. The number of hydrogen-bond donors (Lipinski definition) is 1. The van der Waals surface area contributed by atoms with E-state index in [0.29, 0.717) is 10.2 Å². The first-order valence-electron chi connectivity index (χ1n) is 5.09. The van der Waals surface area contributed by atoms with Gasteiger partial charge in [-0.25, -0.2) is 4.39 Å². The predicted octanol–water partition coefficient (Wildman–Crippen LogP) is 4.45. The normalized spacial score (nSPS) is 10.2. The van der Waals surface area contributed by atoms with E-state index in [9.17, 15) is 9.18 Å². The molecule has 0 aliphatic rings. The van der Waals surface area contributed by atoms with Gasteiger partial charge in [0.2, 0.25) is 0 Å². The highest BCUT2D eigenvalue weighted by molar-refractivity contribution is 14.1. The Labute approximate surface area is 126 Å². The first kappa shape index (κ1) is 13.5. The van der Waals surface area contributed by atoms with E-state index in [0.717, 1.165) is 3.57 Å². The largest absolute Gasteiger partial charge is 0.322 e. The Kier molecular flexibility index (Phi) is 4.34. The van der Waals surface area contributed by atoms with E-state index in [1.807, 2.05) is 12.1 Å². The Hall–Kier alpha value is -0.950. The summed E-state index contributed by atoms with van der Waals surface area (Å²) < 4.78 is 15.1. The van der Waals surface area contributed by atoms with Crippen molar-refractivity contribution in [3.05, 3.63) is 61.9 Å². The van der Waals surface area contributed by atoms with Crippen LogP contribution in [0.4, 0.5) is 10.1 Å². The summed E-state index contributed by atoms with van der Waals surface area (Å²) >= 11 is 5.34. The van der Waals surface area contributed by atoms with Crippen LogP contribution in [0.2, 0.25) is 0 Å². The van der Waals surface area contributed by atoms with Gasteiger partial charge in [0.05, 0.1) is 5.56 Å². The van der Waals surface area contributed by atoms with Crippen molar-refractivity contribution in [1.29, 1.82) is 0 Å². The minimum absolute atomic E-state index is 0.0102. The van der Waals surface area contributed by atoms with Crippen LogP contribution < -0.4 is 5.32 Å². The molecule has 0 saturated carbocycles. The fraction of sp³-hybridized carbons (Fsp3) is 0. The van der Waals surface area contributed by atoms with Gasteiger partial charge in [0, 0.05) is 13.7 Å². The number of hydrogen-bond acceptors (Lipinski definition) is 1. The minimum Gasteiger partial charge on any atom is -0.322 e. The van der Waals surface area contributed by atoms with E-state index >= 15 is 0 Å². The summed E-state index contributed by atoms with van der Waals surface area (Å²) in [7, 11) is 0. The molecule has 0 radical (unpaired) electrons. The van der Waals surface area contributed by atoms with E-state index in [2.05, 4.69) is 43.8 Å². The fourth-order valence-corrected chi connectivity index (χ4v) is 2.32. The minimum atomic E-state index is -0.549. The average Bonchev–Trinajstić information content (AvgIpc) is 2.32. The predicted molar refractivity (Wildman–Crippen MR) is 81.2 cm³/mol. The van der Waals surface area contributed by atoms with Gasteiger partial charge in [-0.1, -0.05) is 6.07 Å². The molecule has 1 amide bonds. The Morgan fingerprint density at radius 1 is 1.17 bits per heavy atom. The lowest BCUT2D eigenvalue weighted by molar-refractivity contribution is 0.102. The number of amides is 1. The number of carbonyl (C=O) groups is 1. The highest BCUT2D eigenvalue weighted by atomic mass is 127. The van der Waals surface area contributed by atoms with E-state index in [1.165, 1.54) is 6.07 Å². The molecule has 2 nitrogen and oxygen atoms in total. The van der Waals surface area contributed by atoms with Gasteiger partial charge in [-0.05, 0) is 74.9 Å². The third-order valence-electron chi connectivity index (χ3n) is 2.29. The van der Waals surface area contributed by atoms with E-state index in [-0.39, 0.29) is 5.56 Å². The number of anilines is 1. The van der Waals surface area contributed by atoms with Crippen molar-refractivity contribution in [3.63, 3.8) is 0 Å². The summed E-state index contributed by atoms with van der Waals surface area (Å²) in [5.41, 5.74) is 0.645. The second-order valence-electron chi connectivity index (χ2n) is 3.56. The van der Waals surface area contributed by atoms with Crippen LogP contribution in [0.25, 0.3) is 0 Å². The first-order valence-corrected chi connectivity index (χ1v) is 6.96. The summed E-state index contributed by atoms with van der Waals surface area (Å²) in [6, 6.07) is 11.7. The molecule has 0 aliphatic heterocycles. The molecular formula is C13H8BrFINO. The topological polar surface area (TPSA) is 29.1 Å². The van der Waals surface area contributed by atoms with Crippen molar-refractivity contribution < 1.29 is 9.18 Å². The molecule has 0 spiro atoms. The number of benzene rings is 2. The lowest BCUT2D eigenvalue weighted by atomic mass is 10.2. The number of rotatable bonds is 2. The van der Waals surface area contributed by atoms with Crippen LogP contribution in [0.3, 0.4) is 0 Å². The fourth-order valence-electron chi connectivity index (χ4n) is 1.44. The van der Waals surface area contributed by atoms with Crippen molar-refractivity contribution in [2.45, 2.75) is 0 Å². The molecule has 0 aromatic heterocycles. The molecule has 0 fully saturated rings. The van der Waals surface area contributed by atoms with E-state index in [4.69, 9.17) is 0 Å². The monoisotopic (exact) mass is 419 g/mol. The van der Waals surface area contributed by atoms with Crippen molar-refractivity contribution in [1.82, 2.24) is 0 Å². The number of carbonyl (C=O) groups excluding carboxylic acids is 1. The van der Waals surface area contributed by atoms with Crippen molar-refractivity contribution >= 4 is 50.1 Å². The smallest absolute Gasteiger partial charge is 0.259 e. The standard InChI is InChI=1S/C13H8BrFINO/c14-10-2-1-3-11(15)12(10)13(18)17-9-6-4-8(16)5-7-9/h1-7H,(H,17,18). The molecule has 0 aliphatic carbocycles. The van der Waals surface area contributed by atoms with Crippen LogP contribution in [0.1, 0.15) is 10.4 Å². The molecule has 2 aromatic rings. The summed E-state index contributed by atoms with van der Waals surface area (Å²) in [6.45, 7) is 0. The SMILES string of the molecule is O=C(Nc1ccc(I)cc1)c1c(F)cccc1Br. The maximum absolute atomic E-state index is 13.6. The highest BCUT2D eigenvalue weighted by Crippen LogP contribution is 2.21. The molecule has 0 heterocycles. The summed E-state index contributed by atoms with van der Waals surface area (Å²) in [4.78, 5) is 12.0. The Morgan fingerprint density at radius 2 is 1.83 bits per heavy atom. The first-order chi connectivity index (χ1) is 8.58. The van der Waals surface area contributed by atoms with Crippen LogP contribution in [0, 0.1) is 9.39 Å². The van der Waals surface area contributed by atoms with Crippen molar-refractivity contribution in [3.8, 4) is 0 Å². The van der Waals surface area contributed by atoms with Crippen LogP contribution >= 0.6 is 38.5 Å². The molecule has 1 N–H and O–H groups in total.